The fraction of sp³-hybridized carbons (Fsp3) is 0.600. The highest BCUT2D eigenvalue weighted by atomic mass is 15.2. The van der Waals surface area contributed by atoms with Gasteiger partial charge in [-0.15, -0.1) is 10.2 Å². The van der Waals surface area contributed by atoms with Gasteiger partial charge in [0, 0.05) is 13.0 Å². The van der Waals surface area contributed by atoms with Crippen molar-refractivity contribution in [3.05, 3.63) is 11.6 Å². The van der Waals surface area contributed by atoms with Gasteiger partial charge in [0.15, 0.2) is 0 Å². The predicted molar refractivity (Wildman–Crippen MR) is 32.8 cm³/mol. The Morgan fingerprint density at radius 3 is 2.78 bits per heavy atom. The molecule has 0 aliphatic heterocycles. The van der Waals surface area contributed by atoms with Crippen molar-refractivity contribution in [2.45, 2.75) is 13.3 Å². The first-order chi connectivity index (χ1) is 4.33. The van der Waals surface area contributed by atoms with Crippen molar-refractivity contribution in [1.82, 2.24) is 20.9 Å². The topological polar surface area (TPSA) is 65.4 Å². The minimum atomic E-state index is 0.370. The lowest BCUT2D eigenvalue weighted by molar-refractivity contribution is 0.859. The highest BCUT2D eigenvalue weighted by Gasteiger charge is 1.94. The van der Waals surface area contributed by atoms with Gasteiger partial charge < -0.3 is 4.98 Å². The van der Waals surface area contributed by atoms with Crippen molar-refractivity contribution in [2.75, 3.05) is 6.54 Å². The third kappa shape index (κ3) is 1.50. The van der Waals surface area contributed by atoms with Crippen molar-refractivity contribution >= 4 is 0 Å². The molecule has 1 heterocycles. The van der Waals surface area contributed by atoms with Gasteiger partial charge in [0.1, 0.15) is 11.6 Å². The molecule has 0 aromatic carbocycles. The molecule has 0 aliphatic rings. The van der Waals surface area contributed by atoms with E-state index < -0.39 is 0 Å². The number of aromatic nitrogens is 3. The predicted octanol–water partition coefficient (Wildman–Crippen LogP) is -0.0615. The lowest BCUT2D eigenvalue weighted by Crippen LogP contribution is -1.94. The Hall–Kier alpha value is -0.900. The van der Waals surface area contributed by atoms with E-state index in [1.54, 1.807) is 0 Å². The van der Waals surface area contributed by atoms with E-state index in [1.807, 2.05) is 6.92 Å². The van der Waals surface area contributed by atoms with Crippen LogP contribution in [0.3, 0.4) is 0 Å². The summed E-state index contributed by atoms with van der Waals surface area (Å²) < 4.78 is 0. The summed E-state index contributed by atoms with van der Waals surface area (Å²) in [5.41, 5.74) is 6.86. The van der Waals surface area contributed by atoms with Crippen LogP contribution in [-0.2, 0) is 6.42 Å². The summed E-state index contributed by atoms with van der Waals surface area (Å²) in [6, 6.07) is 0. The number of nitrogens with one attached hydrogen (secondary N) is 2. The van der Waals surface area contributed by atoms with Crippen LogP contribution in [-0.4, -0.2) is 21.7 Å². The summed E-state index contributed by atoms with van der Waals surface area (Å²) in [4.78, 5) is 2.93. The standard InChI is InChI=1S/C5H9N4/c1-4-7-5(2-3-6)9-8-4/h6H,2-3H2,1H3,(H,7,8,9). The molecule has 0 aliphatic carbocycles. The van der Waals surface area contributed by atoms with Crippen LogP contribution >= 0.6 is 0 Å². The molecule has 0 amide bonds. The SMILES string of the molecule is Cc1nnc(CC[NH])[nH]1. The summed E-state index contributed by atoms with van der Waals surface area (Å²) in [6.07, 6.45) is 0.668. The minimum Gasteiger partial charge on any atom is -0.329 e. The summed E-state index contributed by atoms with van der Waals surface area (Å²) >= 11 is 0. The van der Waals surface area contributed by atoms with Gasteiger partial charge in [-0.3, -0.25) is 5.73 Å². The number of hydrogen-bond acceptors (Lipinski definition) is 2. The zero-order chi connectivity index (χ0) is 6.69. The summed E-state index contributed by atoms with van der Waals surface area (Å²) in [5.74, 6) is 1.63. The van der Waals surface area contributed by atoms with Gasteiger partial charge in [-0.1, -0.05) is 0 Å². The van der Waals surface area contributed by atoms with Crippen LogP contribution in [0, 0.1) is 6.92 Å². The monoisotopic (exact) mass is 125 g/mol. The van der Waals surface area contributed by atoms with Crippen molar-refractivity contribution < 1.29 is 0 Å². The molecule has 0 spiro atoms. The van der Waals surface area contributed by atoms with Crippen LogP contribution in [0.1, 0.15) is 11.6 Å². The van der Waals surface area contributed by atoms with Gasteiger partial charge in [0.05, 0.1) is 0 Å². The molecule has 0 saturated heterocycles. The van der Waals surface area contributed by atoms with Crippen molar-refractivity contribution in [2.24, 2.45) is 0 Å². The van der Waals surface area contributed by atoms with Crippen molar-refractivity contribution in [3.63, 3.8) is 0 Å². The van der Waals surface area contributed by atoms with Crippen molar-refractivity contribution in [1.29, 1.82) is 0 Å². The lowest BCUT2D eigenvalue weighted by Gasteiger charge is -1.84. The molecular weight excluding hydrogens is 116 g/mol. The molecule has 0 atom stereocenters. The molecule has 1 radical (unpaired) electrons. The maximum Gasteiger partial charge on any atom is 0.131 e. The van der Waals surface area contributed by atoms with E-state index in [9.17, 15) is 0 Å². The Labute approximate surface area is 53.5 Å². The fourth-order valence-electron chi connectivity index (χ4n) is 0.625. The molecule has 4 heteroatoms. The molecule has 2 N–H and O–H groups in total. The molecule has 0 bridgehead atoms. The number of hydrogen-bond donors (Lipinski definition) is 1. The van der Waals surface area contributed by atoms with E-state index in [1.165, 1.54) is 0 Å². The van der Waals surface area contributed by atoms with Gasteiger partial charge in [-0.25, -0.2) is 0 Å². The number of aryl methyl sites for hydroxylation is 1. The van der Waals surface area contributed by atoms with E-state index in [-0.39, 0.29) is 0 Å². The zero-order valence-electron chi connectivity index (χ0n) is 5.31. The second-order valence-electron chi connectivity index (χ2n) is 1.86. The van der Waals surface area contributed by atoms with E-state index in [0.717, 1.165) is 11.6 Å². The molecule has 1 rings (SSSR count). The quantitative estimate of drug-likeness (QED) is 0.601. The van der Waals surface area contributed by atoms with Crippen LogP contribution in [0.5, 0.6) is 0 Å². The second kappa shape index (κ2) is 2.59. The smallest absolute Gasteiger partial charge is 0.131 e. The normalized spacial score (nSPS) is 10.0. The first-order valence-corrected chi connectivity index (χ1v) is 2.85. The molecule has 1 aromatic heterocycles. The number of H-pyrrole nitrogens is 1. The van der Waals surface area contributed by atoms with Gasteiger partial charge in [-0.05, 0) is 6.92 Å². The Morgan fingerprint density at radius 2 is 2.33 bits per heavy atom. The second-order valence-corrected chi connectivity index (χ2v) is 1.86. The lowest BCUT2D eigenvalue weighted by atomic mass is 10.4. The Bertz CT molecular complexity index is 181. The van der Waals surface area contributed by atoms with E-state index in [2.05, 4.69) is 15.2 Å². The maximum absolute atomic E-state index is 6.86. The first kappa shape index (κ1) is 6.22. The van der Waals surface area contributed by atoms with Crippen molar-refractivity contribution in [3.8, 4) is 0 Å². The largest absolute Gasteiger partial charge is 0.329 e. The van der Waals surface area contributed by atoms with Gasteiger partial charge in [0.25, 0.3) is 0 Å². The van der Waals surface area contributed by atoms with Crippen LogP contribution in [0.2, 0.25) is 0 Å². The Kier molecular flexibility index (Phi) is 1.79. The highest BCUT2D eigenvalue weighted by Crippen LogP contribution is 1.89. The molecule has 0 fully saturated rings. The van der Waals surface area contributed by atoms with Gasteiger partial charge in [0.2, 0.25) is 0 Å². The molecular formula is C5H9N4. The van der Waals surface area contributed by atoms with E-state index in [0.29, 0.717) is 13.0 Å². The van der Waals surface area contributed by atoms with Crippen LogP contribution in [0.25, 0.3) is 0 Å². The van der Waals surface area contributed by atoms with E-state index >= 15 is 0 Å². The van der Waals surface area contributed by atoms with Crippen LogP contribution in [0.4, 0.5) is 0 Å². The number of rotatable bonds is 2. The first-order valence-electron chi connectivity index (χ1n) is 2.85. The molecule has 4 nitrogen and oxygen atoms in total. The average molecular weight is 125 g/mol. The van der Waals surface area contributed by atoms with Gasteiger partial charge in [-0.2, -0.15) is 0 Å². The third-order valence-corrected chi connectivity index (χ3v) is 1.01. The highest BCUT2D eigenvalue weighted by molar-refractivity contribution is 4.87. The minimum absolute atomic E-state index is 0.370. The molecule has 0 unspecified atom stereocenters. The van der Waals surface area contributed by atoms with Crippen LogP contribution in [0.15, 0.2) is 0 Å². The summed E-state index contributed by atoms with van der Waals surface area (Å²) in [5, 5.41) is 7.53. The van der Waals surface area contributed by atoms with Crippen LogP contribution < -0.4 is 5.73 Å². The van der Waals surface area contributed by atoms with E-state index in [4.69, 9.17) is 5.73 Å². The molecule has 9 heavy (non-hydrogen) atoms. The Morgan fingerprint density at radius 1 is 1.56 bits per heavy atom. The molecule has 1 aromatic rings. The maximum atomic E-state index is 6.86. The summed E-state index contributed by atoms with van der Waals surface area (Å²) in [6.45, 7) is 2.22. The fourth-order valence-corrected chi connectivity index (χ4v) is 0.625. The average Bonchev–Trinajstić information content (AvgIpc) is 2.17. The number of aromatic amines is 1. The molecule has 49 valence electrons. The third-order valence-electron chi connectivity index (χ3n) is 1.01. The number of nitrogens with zero attached hydrogens (tertiary/aromatic N) is 2. The zero-order valence-corrected chi connectivity index (χ0v) is 5.31. The molecule has 0 saturated carbocycles. The summed E-state index contributed by atoms with van der Waals surface area (Å²) in [7, 11) is 0. The van der Waals surface area contributed by atoms with Gasteiger partial charge >= 0.3 is 0 Å². The Balaban J connectivity index is 2.61.